The summed E-state index contributed by atoms with van der Waals surface area (Å²) >= 11 is 0. The predicted molar refractivity (Wildman–Crippen MR) is 250 cm³/mol. The van der Waals surface area contributed by atoms with Crippen molar-refractivity contribution in [1.29, 1.82) is 0 Å². The summed E-state index contributed by atoms with van der Waals surface area (Å²) in [5.41, 5.74) is 16.6. The summed E-state index contributed by atoms with van der Waals surface area (Å²) in [6.07, 6.45) is 33.8. The van der Waals surface area contributed by atoms with Crippen LogP contribution in [0.2, 0.25) is 0 Å². The van der Waals surface area contributed by atoms with Crippen molar-refractivity contribution in [2.24, 2.45) is 0 Å². The fourth-order valence-corrected chi connectivity index (χ4v) is 9.82. The zero-order chi connectivity index (χ0) is 40.3. The molecule has 2 aliphatic rings. The molecule has 6 rings (SSSR count). The molecule has 56 heavy (non-hydrogen) atoms. The van der Waals surface area contributed by atoms with Gasteiger partial charge in [0.2, 0.25) is 0 Å². The van der Waals surface area contributed by atoms with Crippen LogP contribution in [0.3, 0.4) is 0 Å². The maximum atomic E-state index is 6.34. The fraction of sp³-hybridized carbons (Fsp3) is 0.464. The molecule has 2 aliphatic carbocycles. The van der Waals surface area contributed by atoms with Gasteiger partial charge in [0, 0.05) is 11.0 Å². The van der Waals surface area contributed by atoms with Crippen molar-refractivity contribution in [3.8, 4) is 34.6 Å². The minimum atomic E-state index is -0.266. The lowest BCUT2D eigenvalue weighted by Gasteiger charge is -2.35. The van der Waals surface area contributed by atoms with Crippen LogP contribution >= 0.6 is 0 Å². The van der Waals surface area contributed by atoms with E-state index < -0.39 is 0 Å². The highest BCUT2D eigenvalue weighted by Gasteiger charge is 2.45. The van der Waals surface area contributed by atoms with Crippen molar-refractivity contribution >= 4 is 16.8 Å². The van der Waals surface area contributed by atoms with E-state index in [0.29, 0.717) is 0 Å². The normalized spacial score (nSPS) is 16.2. The molecule has 0 bridgehead atoms. The van der Waals surface area contributed by atoms with Crippen LogP contribution in [0.15, 0.2) is 90.0 Å². The second-order valence-electron chi connectivity index (χ2n) is 17.2. The monoisotopic (exact) mass is 745 g/mol. The van der Waals surface area contributed by atoms with Gasteiger partial charge in [-0.05, 0) is 135 Å². The summed E-state index contributed by atoms with van der Waals surface area (Å²) < 4.78 is 0. The first-order chi connectivity index (χ1) is 27.2. The predicted octanol–water partition coefficient (Wildman–Crippen LogP) is 16.8. The Morgan fingerprint density at radius 2 is 1.43 bits per heavy atom. The third kappa shape index (κ3) is 8.74. The minimum Gasteiger partial charge on any atom is -0.115 e. The molecule has 296 valence electrons. The van der Waals surface area contributed by atoms with Crippen LogP contribution in [0.5, 0.6) is 0 Å². The molecule has 0 aromatic heterocycles. The van der Waals surface area contributed by atoms with Gasteiger partial charge in [-0.1, -0.05) is 192 Å². The Labute approximate surface area is 343 Å². The van der Waals surface area contributed by atoms with Crippen LogP contribution < -0.4 is 0 Å². The molecule has 0 nitrogen and oxygen atoms in total. The van der Waals surface area contributed by atoms with Gasteiger partial charge >= 0.3 is 0 Å². The van der Waals surface area contributed by atoms with Crippen LogP contribution in [-0.4, -0.2) is 0 Å². The highest BCUT2D eigenvalue weighted by molar-refractivity contribution is 6.04. The Morgan fingerprint density at radius 1 is 0.786 bits per heavy atom. The number of aryl methyl sites for hydroxylation is 1. The van der Waals surface area contributed by atoms with E-state index in [1.54, 1.807) is 0 Å². The van der Waals surface area contributed by atoms with Gasteiger partial charge in [0.1, 0.15) is 0 Å². The molecule has 0 amide bonds. The van der Waals surface area contributed by atoms with E-state index in [0.717, 1.165) is 44.1 Å². The van der Waals surface area contributed by atoms with Crippen LogP contribution in [0.25, 0.3) is 39.1 Å². The van der Waals surface area contributed by atoms with E-state index >= 15 is 0 Å². The number of hydrogen-bond acceptors (Lipinski definition) is 0. The van der Waals surface area contributed by atoms with Crippen LogP contribution in [0.4, 0.5) is 0 Å². The van der Waals surface area contributed by atoms with Gasteiger partial charge in [0.15, 0.2) is 0 Å². The first-order valence-electron chi connectivity index (χ1n) is 22.6. The van der Waals surface area contributed by atoms with E-state index in [1.807, 2.05) is 13.8 Å². The largest absolute Gasteiger partial charge is 0.115 e. The van der Waals surface area contributed by atoms with E-state index in [2.05, 4.69) is 139 Å². The molecule has 0 aliphatic heterocycles. The highest BCUT2D eigenvalue weighted by atomic mass is 14.5. The Kier molecular flexibility index (Phi) is 15.3. The lowest BCUT2D eigenvalue weighted by atomic mass is 9.67. The molecule has 0 spiro atoms. The first-order valence-corrected chi connectivity index (χ1v) is 22.6. The number of unbranched alkanes of at least 4 members (excludes halogenated alkanes) is 8. The third-order valence-corrected chi connectivity index (χ3v) is 12.5. The second kappa shape index (κ2) is 19.9. The Balaban J connectivity index is 0.00000295. The summed E-state index contributed by atoms with van der Waals surface area (Å²) in [6.45, 7) is 20.3. The van der Waals surface area contributed by atoms with Crippen molar-refractivity contribution in [1.82, 2.24) is 0 Å². The maximum absolute atomic E-state index is 6.34. The zero-order valence-electron chi connectivity index (χ0n) is 36.8. The Hall–Kier alpha value is -4.08. The first kappa shape index (κ1) is 43.1. The SMILES string of the molecule is C#C/C(=C\C(=C/C)C1(CCCCCCCC)c2cc(CC)ccc2-c2ccc(-c3c4c(c(C(C)(C)C)c5ccccc35)C=CCC4)cc21)CCCCCC.CC. The summed E-state index contributed by atoms with van der Waals surface area (Å²) in [4.78, 5) is 0. The molecule has 0 fully saturated rings. The molecular weight excluding hydrogens is 673 g/mol. The van der Waals surface area contributed by atoms with Crippen molar-refractivity contribution < 1.29 is 0 Å². The molecule has 1 atom stereocenters. The van der Waals surface area contributed by atoms with Gasteiger partial charge in [-0.15, -0.1) is 6.42 Å². The van der Waals surface area contributed by atoms with Gasteiger partial charge in [0.25, 0.3) is 0 Å². The van der Waals surface area contributed by atoms with Gasteiger partial charge in [-0.2, -0.15) is 0 Å². The molecule has 4 aromatic rings. The fourth-order valence-electron chi connectivity index (χ4n) is 9.82. The lowest BCUT2D eigenvalue weighted by Crippen LogP contribution is -2.28. The molecular formula is C56H72. The molecule has 0 heteroatoms. The Bertz CT molecular complexity index is 2080. The quantitative estimate of drug-likeness (QED) is 0.0609. The highest BCUT2D eigenvalue weighted by Crippen LogP contribution is 2.57. The van der Waals surface area contributed by atoms with Gasteiger partial charge in [0.05, 0.1) is 0 Å². The zero-order valence-corrected chi connectivity index (χ0v) is 36.8. The average Bonchev–Trinajstić information content (AvgIpc) is 3.49. The average molecular weight is 745 g/mol. The molecule has 0 saturated carbocycles. The topological polar surface area (TPSA) is 0 Å². The molecule has 0 N–H and O–H groups in total. The molecule has 0 saturated heterocycles. The molecule has 0 heterocycles. The number of allylic oxidation sites excluding steroid dienone is 5. The summed E-state index contributed by atoms with van der Waals surface area (Å²) in [6, 6.07) is 24.1. The standard InChI is InChI=1S/C54H66.C2H6/c1-9-14-16-18-19-25-35-54(42(13-5)36-39(11-3)26-20-17-15-10-2)49-37-40(12-4)31-33-43(49)44-34-32-41(38-50(44)54)51-45-27-21-23-29-47(45)52(53(6,7)8)48-30-24-22-28-46(48)51;1-2/h3,13,21,23-24,27,29-34,36-38H,9-10,12,14-20,22,25-26,28,35H2,1-2,4-8H3;1-2H3/b39-36+,42-13+;. The number of terminal acetylenes is 1. The second-order valence-corrected chi connectivity index (χ2v) is 17.2. The molecule has 0 radical (unpaired) electrons. The number of benzene rings is 4. The molecule has 1 unspecified atom stereocenters. The van der Waals surface area contributed by atoms with Crippen LogP contribution in [-0.2, 0) is 23.7 Å². The van der Waals surface area contributed by atoms with E-state index in [1.165, 1.54) is 130 Å². The van der Waals surface area contributed by atoms with Crippen molar-refractivity contribution in [2.45, 2.75) is 169 Å². The van der Waals surface area contributed by atoms with Gasteiger partial charge in [-0.25, -0.2) is 0 Å². The smallest absolute Gasteiger partial charge is 0.0461 e. The number of rotatable bonds is 16. The minimum absolute atomic E-state index is 0.0329. The maximum Gasteiger partial charge on any atom is 0.0461 e. The van der Waals surface area contributed by atoms with Crippen LogP contribution in [0, 0.1) is 12.3 Å². The van der Waals surface area contributed by atoms with Crippen molar-refractivity contribution in [2.75, 3.05) is 0 Å². The molecule has 4 aromatic carbocycles. The van der Waals surface area contributed by atoms with Crippen molar-refractivity contribution in [3.63, 3.8) is 0 Å². The summed E-state index contributed by atoms with van der Waals surface area (Å²) in [5.74, 6) is 3.17. The van der Waals surface area contributed by atoms with E-state index in [4.69, 9.17) is 6.42 Å². The van der Waals surface area contributed by atoms with Crippen LogP contribution in [0.1, 0.15) is 179 Å². The van der Waals surface area contributed by atoms with E-state index in [9.17, 15) is 0 Å². The summed E-state index contributed by atoms with van der Waals surface area (Å²) in [5, 5.41) is 2.77. The van der Waals surface area contributed by atoms with Gasteiger partial charge < -0.3 is 0 Å². The van der Waals surface area contributed by atoms with E-state index in [-0.39, 0.29) is 10.8 Å². The van der Waals surface area contributed by atoms with Crippen molar-refractivity contribution in [3.05, 3.63) is 123 Å². The third-order valence-electron chi connectivity index (χ3n) is 12.5. The van der Waals surface area contributed by atoms with Gasteiger partial charge in [-0.3, -0.25) is 0 Å². The number of fused-ring (bicyclic) bond motifs is 5. The lowest BCUT2D eigenvalue weighted by molar-refractivity contribution is 0.504. The summed E-state index contributed by atoms with van der Waals surface area (Å²) in [7, 11) is 0. The Morgan fingerprint density at radius 3 is 2.09 bits per heavy atom. The number of hydrogen-bond donors (Lipinski definition) is 0.